The summed E-state index contributed by atoms with van der Waals surface area (Å²) in [6.45, 7) is 3.50. The van der Waals surface area contributed by atoms with Gasteiger partial charge < -0.3 is 10.1 Å². The number of benzene rings is 1. The molecule has 0 spiro atoms. The van der Waals surface area contributed by atoms with Crippen molar-refractivity contribution in [2.24, 2.45) is 0 Å². The van der Waals surface area contributed by atoms with Crippen molar-refractivity contribution in [1.29, 1.82) is 0 Å². The molecule has 4 nitrogen and oxygen atoms in total. The highest BCUT2D eigenvalue weighted by molar-refractivity contribution is 6.42. The first kappa shape index (κ1) is 16.8. The van der Waals surface area contributed by atoms with Crippen LogP contribution in [0.2, 0.25) is 10.0 Å². The van der Waals surface area contributed by atoms with Crippen molar-refractivity contribution in [1.82, 2.24) is 10.2 Å². The Labute approximate surface area is 139 Å². The van der Waals surface area contributed by atoms with Crippen LogP contribution >= 0.6 is 34.8 Å². The molecular weight excluding hydrogens is 335 g/mol. The average Bonchev–Trinajstić information content (AvgIpc) is 2.49. The van der Waals surface area contributed by atoms with Gasteiger partial charge in [0.25, 0.3) is 0 Å². The van der Waals surface area contributed by atoms with Gasteiger partial charge in [0.1, 0.15) is 5.88 Å². The van der Waals surface area contributed by atoms with Gasteiger partial charge in [0.15, 0.2) is 0 Å². The lowest BCUT2D eigenvalue weighted by atomic mass is 10.2. The van der Waals surface area contributed by atoms with E-state index in [1.165, 1.54) is 0 Å². The Bertz CT molecular complexity index is 499. The molecule has 1 aliphatic heterocycles. The van der Waals surface area contributed by atoms with E-state index in [2.05, 4.69) is 10.2 Å². The van der Waals surface area contributed by atoms with Gasteiger partial charge in [-0.15, -0.1) is 11.6 Å². The molecule has 0 bridgehead atoms. The average molecular weight is 352 g/mol. The Balaban J connectivity index is 1.85. The third kappa shape index (κ3) is 5.31. The smallest absolute Gasteiger partial charge is 0.235 e. The lowest BCUT2D eigenvalue weighted by Crippen LogP contribution is -2.47. The summed E-state index contributed by atoms with van der Waals surface area (Å²) in [6.07, 6.45) is -0.0197. The molecule has 0 unspecified atom stereocenters. The molecule has 21 heavy (non-hydrogen) atoms. The van der Waals surface area contributed by atoms with E-state index in [0.717, 1.165) is 25.2 Å². The minimum Gasteiger partial charge on any atom is -0.374 e. The highest BCUT2D eigenvalue weighted by atomic mass is 35.5. The molecule has 0 aromatic heterocycles. The molecule has 0 radical (unpaired) electrons. The van der Waals surface area contributed by atoms with Gasteiger partial charge in [0.05, 0.1) is 22.8 Å². The predicted octanol–water partition coefficient (Wildman–Crippen LogP) is 2.55. The largest absolute Gasteiger partial charge is 0.374 e. The number of hydrogen-bond acceptors (Lipinski definition) is 3. The molecule has 1 aromatic carbocycles. The molecule has 1 heterocycles. The zero-order chi connectivity index (χ0) is 15.2. The zero-order valence-electron chi connectivity index (χ0n) is 11.4. The van der Waals surface area contributed by atoms with Crippen molar-refractivity contribution >= 4 is 40.7 Å². The van der Waals surface area contributed by atoms with Crippen molar-refractivity contribution in [3.8, 4) is 0 Å². The lowest BCUT2D eigenvalue weighted by Gasteiger charge is -2.33. The first-order valence-corrected chi connectivity index (χ1v) is 7.98. The first-order chi connectivity index (χ1) is 10.1. The lowest BCUT2D eigenvalue weighted by molar-refractivity contribution is -0.119. The van der Waals surface area contributed by atoms with Crippen LogP contribution < -0.4 is 5.32 Å². The van der Waals surface area contributed by atoms with E-state index < -0.39 is 0 Å². The van der Waals surface area contributed by atoms with Crippen molar-refractivity contribution in [3.63, 3.8) is 0 Å². The minimum absolute atomic E-state index is 0.0197. The van der Waals surface area contributed by atoms with Crippen LogP contribution in [0, 0.1) is 0 Å². The number of rotatable bonds is 5. The second-order valence-corrected chi connectivity index (χ2v) is 6.00. The Hall–Kier alpha value is -0.520. The highest BCUT2D eigenvalue weighted by Crippen LogP contribution is 2.23. The fourth-order valence-electron chi connectivity index (χ4n) is 2.22. The zero-order valence-corrected chi connectivity index (χ0v) is 13.7. The number of halogens is 3. The van der Waals surface area contributed by atoms with Crippen LogP contribution in [-0.2, 0) is 16.1 Å². The molecule has 116 valence electrons. The van der Waals surface area contributed by atoms with Gasteiger partial charge in [0, 0.05) is 26.2 Å². The van der Waals surface area contributed by atoms with Crippen molar-refractivity contribution in [2.45, 2.75) is 12.6 Å². The fourth-order valence-corrected chi connectivity index (χ4v) is 2.63. The van der Waals surface area contributed by atoms with E-state index in [9.17, 15) is 4.79 Å². The second kappa shape index (κ2) is 8.20. The van der Waals surface area contributed by atoms with E-state index in [-0.39, 0.29) is 17.9 Å². The molecule has 0 saturated carbocycles. The van der Waals surface area contributed by atoms with Gasteiger partial charge in [-0.05, 0) is 17.7 Å². The quantitative estimate of drug-likeness (QED) is 0.829. The molecular formula is C14H17Cl3N2O2. The Morgan fingerprint density at radius 2 is 2.19 bits per heavy atom. The monoisotopic (exact) mass is 350 g/mol. The minimum atomic E-state index is -0.179. The highest BCUT2D eigenvalue weighted by Gasteiger charge is 2.21. The Morgan fingerprint density at radius 3 is 2.90 bits per heavy atom. The van der Waals surface area contributed by atoms with E-state index in [4.69, 9.17) is 39.5 Å². The maximum Gasteiger partial charge on any atom is 0.235 e. The van der Waals surface area contributed by atoms with E-state index >= 15 is 0 Å². The van der Waals surface area contributed by atoms with Gasteiger partial charge in [0.2, 0.25) is 5.91 Å². The summed E-state index contributed by atoms with van der Waals surface area (Å²) in [4.78, 5) is 13.4. The number of morpholine rings is 1. The van der Waals surface area contributed by atoms with E-state index in [1.807, 2.05) is 12.1 Å². The molecule has 1 fully saturated rings. The number of ether oxygens (including phenoxy) is 1. The molecule has 1 saturated heterocycles. The number of amides is 1. The van der Waals surface area contributed by atoms with Crippen LogP contribution in [0.25, 0.3) is 0 Å². The maximum absolute atomic E-state index is 11.2. The van der Waals surface area contributed by atoms with Crippen molar-refractivity contribution < 1.29 is 9.53 Å². The summed E-state index contributed by atoms with van der Waals surface area (Å²) in [7, 11) is 0. The Kier molecular flexibility index (Phi) is 6.58. The van der Waals surface area contributed by atoms with Crippen LogP contribution in [0.5, 0.6) is 0 Å². The van der Waals surface area contributed by atoms with Gasteiger partial charge in [-0.25, -0.2) is 0 Å². The normalized spacial score (nSPS) is 19.5. The standard InChI is InChI=1S/C14H17Cl3N2O2/c15-6-14(20)18-7-11-9-19(3-4-21-11)8-10-1-2-12(16)13(17)5-10/h1-2,5,11H,3-4,6-9H2,(H,18,20)/t11-/m1/s1. The summed E-state index contributed by atoms with van der Waals surface area (Å²) in [5, 5.41) is 3.86. The van der Waals surface area contributed by atoms with Crippen LogP contribution in [-0.4, -0.2) is 49.0 Å². The number of nitrogens with one attached hydrogen (secondary N) is 1. The molecule has 1 aliphatic rings. The second-order valence-electron chi connectivity index (χ2n) is 4.91. The molecule has 1 N–H and O–H groups in total. The van der Waals surface area contributed by atoms with E-state index in [0.29, 0.717) is 23.2 Å². The van der Waals surface area contributed by atoms with Crippen molar-refractivity contribution in [2.75, 3.05) is 32.1 Å². The van der Waals surface area contributed by atoms with Crippen molar-refractivity contribution in [3.05, 3.63) is 33.8 Å². The number of hydrogen-bond donors (Lipinski definition) is 1. The number of carbonyl (C=O) groups excluding carboxylic acids is 1. The Morgan fingerprint density at radius 1 is 1.38 bits per heavy atom. The predicted molar refractivity (Wildman–Crippen MR) is 85.2 cm³/mol. The molecule has 2 rings (SSSR count). The number of alkyl halides is 1. The van der Waals surface area contributed by atoms with Crippen LogP contribution in [0.15, 0.2) is 18.2 Å². The summed E-state index contributed by atoms with van der Waals surface area (Å²) in [5.74, 6) is -0.207. The fraction of sp³-hybridized carbons (Fsp3) is 0.500. The summed E-state index contributed by atoms with van der Waals surface area (Å²) >= 11 is 17.4. The van der Waals surface area contributed by atoms with Crippen LogP contribution in [0.4, 0.5) is 0 Å². The topological polar surface area (TPSA) is 41.6 Å². The van der Waals surface area contributed by atoms with Crippen LogP contribution in [0.1, 0.15) is 5.56 Å². The van der Waals surface area contributed by atoms with E-state index in [1.54, 1.807) is 6.07 Å². The SMILES string of the molecule is O=C(CCl)NC[C@@H]1CN(Cc2ccc(Cl)c(Cl)c2)CCO1. The van der Waals surface area contributed by atoms with Gasteiger partial charge in [-0.2, -0.15) is 0 Å². The molecule has 0 aliphatic carbocycles. The summed E-state index contributed by atoms with van der Waals surface area (Å²) in [6, 6.07) is 5.65. The summed E-state index contributed by atoms with van der Waals surface area (Å²) < 4.78 is 5.64. The molecule has 1 atom stereocenters. The number of carbonyl (C=O) groups is 1. The summed E-state index contributed by atoms with van der Waals surface area (Å²) in [5.41, 5.74) is 1.11. The van der Waals surface area contributed by atoms with Gasteiger partial charge in [-0.3, -0.25) is 9.69 Å². The molecule has 1 aromatic rings. The first-order valence-electron chi connectivity index (χ1n) is 6.69. The number of nitrogens with zero attached hydrogens (tertiary/aromatic N) is 1. The molecule has 1 amide bonds. The van der Waals surface area contributed by atoms with Gasteiger partial charge >= 0.3 is 0 Å². The molecule has 7 heteroatoms. The third-order valence-electron chi connectivity index (χ3n) is 3.26. The van der Waals surface area contributed by atoms with Crippen LogP contribution in [0.3, 0.4) is 0 Å². The maximum atomic E-state index is 11.2. The third-order valence-corrected chi connectivity index (χ3v) is 4.24. The van der Waals surface area contributed by atoms with Gasteiger partial charge in [-0.1, -0.05) is 29.3 Å².